The van der Waals surface area contributed by atoms with Gasteiger partial charge in [0.05, 0.1) is 0 Å². The van der Waals surface area contributed by atoms with E-state index in [9.17, 15) is 13.6 Å². The zero-order chi connectivity index (χ0) is 14.3. The third-order valence-corrected chi connectivity index (χ3v) is 3.86. The van der Waals surface area contributed by atoms with Gasteiger partial charge in [0.2, 0.25) is 0 Å². The van der Waals surface area contributed by atoms with E-state index in [2.05, 4.69) is 15.9 Å². The Kier molecular flexibility index (Phi) is 3.30. The third-order valence-electron chi connectivity index (χ3n) is 3.36. The van der Waals surface area contributed by atoms with Gasteiger partial charge in [-0.25, -0.2) is 8.78 Å². The van der Waals surface area contributed by atoms with Crippen molar-refractivity contribution in [2.75, 3.05) is 11.4 Å². The second-order valence-corrected chi connectivity index (χ2v) is 5.49. The van der Waals surface area contributed by atoms with Crippen LogP contribution in [0.5, 0.6) is 0 Å². The molecular weight excluding hydrogens is 328 g/mol. The molecule has 5 heteroatoms. The first kappa shape index (κ1) is 13.2. The van der Waals surface area contributed by atoms with Crippen LogP contribution in [0.4, 0.5) is 14.5 Å². The molecule has 0 aliphatic carbocycles. The molecular formula is C15H10BrF2NO. The Labute approximate surface area is 123 Å². The highest BCUT2D eigenvalue weighted by Gasteiger charge is 2.29. The lowest BCUT2D eigenvalue weighted by atomic mass is 10.1. The molecule has 0 unspecified atom stereocenters. The van der Waals surface area contributed by atoms with E-state index in [1.54, 1.807) is 6.07 Å². The highest BCUT2D eigenvalue weighted by Crippen LogP contribution is 2.32. The Balaban J connectivity index is 2.04. The molecule has 102 valence electrons. The van der Waals surface area contributed by atoms with Crippen LogP contribution in [-0.2, 0) is 6.42 Å². The Morgan fingerprint density at radius 3 is 2.55 bits per heavy atom. The molecule has 3 rings (SSSR count). The van der Waals surface area contributed by atoms with Crippen molar-refractivity contribution in [2.24, 2.45) is 0 Å². The van der Waals surface area contributed by atoms with Gasteiger partial charge in [0, 0.05) is 16.7 Å². The van der Waals surface area contributed by atoms with Crippen LogP contribution in [0.3, 0.4) is 0 Å². The summed E-state index contributed by atoms with van der Waals surface area (Å²) < 4.78 is 28.2. The third kappa shape index (κ3) is 2.12. The predicted molar refractivity (Wildman–Crippen MR) is 75.9 cm³/mol. The van der Waals surface area contributed by atoms with Crippen molar-refractivity contribution in [1.29, 1.82) is 0 Å². The van der Waals surface area contributed by atoms with Crippen molar-refractivity contribution in [3.05, 3.63) is 63.6 Å². The molecule has 2 aromatic rings. The van der Waals surface area contributed by atoms with E-state index in [1.807, 2.05) is 12.1 Å². The molecule has 0 saturated heterocycles. The molecule has 2 aromatic carbocycles. The summed E-state index contributed by atoms with van der Waals surface area (Å²) in [5.74, 6) is -2.31. The number of benzene rings is 2. The minimum atomic E-state index is -0.835. The molecule has 0 saturated carbocycles. The van der Waals surface area contributed by atoms with Gasteiger partial charge in [-0.2, -0.15) is 0 Å². The molecule has 0 atom stereocenters. The Bertz CT molecular complexity index is 682. The highest BCUT2D eigenvalue weighted by molar-refractivity contribution is 9.10. The molecule has 0 aromatic heterocycles. The average Bonchev–Trinajstić information content (AvgIpc) is 2.81. The van der Waals surface area contributed by atoms with Gasteiger partial charge in [0.25, 0.3) is 5.91 Å². The predicted octanol–water partition coefficient (Wildman–Crippen LogP) is 3.93. The molecule has 0 spiro atoms. The molecule has 0 bridgehead atoms. The number of amides is 1. The second kappa shape index (κ2) is 4.98. The van der Waals surface area contributed by atoms with Crippen LogP contribution in [0.15, 0.2) is 40.9 Å². The summed E-state index contributed by atoms with van der Waals surface area (Å²) in [7, 11) is 0. The fraction of sp³-hybridized carbons (Fsp3) is 0.133. The largest absolute Gasteiger partial charge is 0.308 e. The number of fused-ring (bicyclic) bond motifs is 1. The maximum atomic E-state index is 13.7. The molecule has 1 aliphatic rings. The molecule has 0 radical (unpaired) electrons. The van der Waals surface area contributed by atoms with E-state index in [4.69, 9.17) is 0 Å². The van der Waals surface area contributed by atoms with Crippen molar-refractivity contribution in [1.82, 2.24) is 0 Å². The Hall–Kier alpha value is -1.75. The van der Waals surface area contributed by atoms with Crippen LogP contribution in [0.2, 0.25) is 0 Å². The van der Waals surface area contributed by atoms with E-state index in [-0.39, 0.29) is 0 Å². The number of halogens is 3. The molecule has 2 nitrogen and oxygen atoms in total. The summed E-state index contributed by atoms with van der Waals surface area (Å²) in [6.07, 6.45) is 0.685. The Morgan fingerprint density at radius 2 is 1.85 bits per heavy atom. The fourth-order valence-electron chi connectivity index (χ4n) is 2.40. The fourth-order valence-corrected chi connectivity index (χ4v) is 2.75. The van der Waals surface area contributed by atoms with Crippen LogP contribution >= 0.6 is 15.9 Å². The van der Waals surface area contributed by atoms with Crippen LogP contribution in [0, 0.1) is 11.6 Å². The van der Waals surface area contributed by atoms with Gasteiger partial charge in [-0.1, -0.05) is 28.1 Å². The van der Waals surface area contributed by atoms with E-state index < -0.39 is 23.1 Å². The standard InChI is InChI=1S/C15H10BrF2NO/c16-10-5-4-9-6-7-19(13(9)8-10)15(20)14-11(17)2-1-3-12(14)18/h1-5,8H,6-7H2. The molecule has 1 amide bonds. The summed E-state index contributed by atoms with van der Waals surface area (Å²) in [5, 5.41) is 0. The second-order valence-electron chi connectivity index (χ2n) is 4.58. The maximum Gasteiger partial charge on any atom is 0.264 e. The van der Waals surface area contributed by atoms with Gasteiger partial charge in [0.1, 0.15) is 17.2 Å². The lowest BCUT2D eigenvalue weighted by molar-refractivity contribution is 0.0981. The van der Waals surface area contributed by atoms with Gasteiger partial charge in [-0.15, -0.1) is 0 Å². The number of hydrogen-bond donors (Lipinski definition) is 0. The van der Waals surface area contributed by atoms with Gasteiger partial charge in [0.15, 0.2) is 0 Å². The lowest BCUT2D eigenvalue weighted by Gasteiger charge is -2.18. The van der Waals surface area contributed by atoms with Crippen LogP contribution in [0.25, 0.3) is 0 Å². The highest BCUT2D eigenvalue weighted by atomic mass is 79.9. The van der Waals surface area contributed by atoms with E-state index >= 15 is 0 Å². The van der Waals surface area contributed by atoms with Gasteiger partial charge in [-0.3, -0.25) is 4.79 Å². The lowest BCUT2D eigenvalue weighted by Crippen LogP contribution is -2.30. The van der Waals surface area contributed by atoms with Crippen molar-refractivity contribution in [3.8, 4) is 0 Å². The molecule has 1 heterocycles. The molecule has 1 aliphatic heterocycles. The van der Waals surface area contributed by atoms with Crippen molar-refractivity contribution < 1.29 is 13.6 Å². The quantitative estimate of drug-likeness (QED) is 0.772. The minimum Gasteiger partial charge on any atom is -0.308 e. The van der Waals surface area contributed by atoms with E-state index in [0.29, 0.717) is 18.7 Å². The number of nitrogens with zero attached hydrogens (tertiary/aromatic N) is 1. The zero-order valence-electron chi connectivity index (χ0n) is 10.4. The molecule has 0 fully saturated rings. The normalized spacial score (nSPS) is 13.4. The molecule has 20 heavy (non-hydrogen) atoms. The van der Waals surface area contributed by atoms with Crippen LogP contribution in [-0.4, -0.2) is 12.5 Å². The first-order valence-electron chi connectivity index (χ1n) is 6.12. The number of carbonyl (C=O) groups is 1. The van der Waals surface area contributed by atoms with Crippen LogP contribution in [0.1, 0.15) is 15.9 Å². The number of carbonyl (C=O) groups excluding carboxylic acids is 1. The van der Waals surface area contributed by atoms with Gasteiger partial charge >= 0.3 is 0 Å². The number of hydrogen-bond acceptors (Lipinski definition) is 1. The smallest absolute Gasteiger partial charge is 0.264 e. The minimum absolute atomic E-state index is 0.429. The summed E-state index contributed by atoms with van der Waals surface area (Å²) in [5.41, 5.74) is 1.20. The van der Waals surface area contributed by atoms with Gasteiger partial charge < -0.3 is 4.90 Å². The molecule has 0 N–H and O–H groups in total. The number of rotatable bonds is 1. The van der Waals surface area contributed by atoms with E-state index in [1.165, 1.54) is 11.0 Å². The topological polar surface area (TPSA) is 20.3 Å². The SMILES string of the molecule is O=C(c1c(F)cccc1F)N1CCc2ccc(Br)cc21. The first-order valence-corrected chi connectivity index (χ1v) is 6.91. The van der Waals surface area contributed by atoms with Crippen molar-refractivity contribution in [2.45, 2.75) is 6.42 Å². The summed E-state index contributed by atoms with van der Waals surface area (Å²) in [6.45, 7) is 0.429. The maximum absolute atomic E-state index is 13.7. The average molecular weight is 338 g/mol. The summed E-state index contributed by atoms with van der Waals surface area (Å²) in [4.78, 5) is 13.8. The zero-order valence-corrected chi connectivity index (χ0v) is 12.0. The first-order chi connectivity index (χ1) is 9.58. The van der Waals surface area contributed by atoms with Gasteiger partial charge in [-0.05, 0) is 36.2 Å². The van der Waals surface area contributed by atoms with Crippen molar-refractivity contribution >= 4 is 27.5 Å². The number of anilines is 1. The van der Waals surface area contributed by atoms with Crippen molar-refractivity contribution in [3.63, 3.8) is 0 Å². The monoisotopic (exact) mass is 337 g/mol. The van der Waals surface area contributed by atoms with E-state index in [0.717, 1.165) is 22.2 Å². The summed E-state index contributed by atoms with van der Waals surface area (Å²) >= 11 is 3.34. The Morgan fingerprint density at radius 1 is 1.15 bits per heavy atom. The van der Waals surface area contributed by atoms with Crippen LogP contribution < -0.4 is 4.90 Å². The summed E-state index contributed by atoms with van der Waals surface area (Å²) in [6, 6.07) is 9.01.